The van der Waals surface area contributed by atoms with Crippen molar-refractivity contribution in [2.24, 2.45) is 0 Å². The topological polar surface area (TPSA) is 80.9 Å². The molecule has 1 amide bonds. The standard InChI is InChI=1S/C27H34N4O4/c1-4-33-23-8-5-6-9-24(23)34-19-7-10-25(32)31-17-15-30(16-18-31)21(3)27-28-26(29-35-27)22-13-11-20(2)12-14-22/h5-6,8-9,11-14,21H,4,7,10,15-19H2,1-3H3. The first kappa shape index (κ1) is 24.7. The molecule has 1 aliphatic heterocycles. The van der Waals surface area contributed by atoms with E-state index in [0.29, 0.717) is 50.9 Å². The van der Waals surface area contributed by atoms with Gasteiger partial charge in [0, 0.05) is 38.2 Å². The van der Waals surface area contributed by atoms with Crippen LogP contribution in [-0.4, -0.2) is 65.2 Å². The molecule has 1 fully saturated rings. The molecule has 1 aromatic heterocycles. The number of nitrogens with zero attached hydrogens (tertiary/aromatic N) is 4. The third-order valence-corrected chi connectivity index (χ3v) is 6.27. The van der Waals surface area contributed by atoms with Crippen LogP contribution >= 0.6 is 0 Å². The van der Waals surface area contributed by atoms with Gasteiger partial charge in [0.05, 0.1) is 19.3 Å². The molecule has 8 heteroatoms. The largest absolute Gasteiger partial charge is 0.490 e. The van der Waals surface area contributed by atoms with Gasteiger partial charge in [0.15, 0.2) is 11.5 Å². The summed E-state index contributed by atoms with van der Waals surface area (Å²) in [5.74, 6) is 2.82. The zero-order chi connectivity index (χ0) is 24.6. The van der Waals surface area contributed by atoms with E-state index in [1.165, 1.54) is 5.56 Å². The van der Waals surface area contributed by atoms with E-state index in [9.17, 15) is 4.79 Å². The van der Waals surface area contributed by atoms with E-state index in [1.54, 1.807) is 0 Å². The van der Waals surface area contributed by atoms with Gasteiger partial charge in [-0.05, 0) is 39.3 Å². The predicted molar refractivity (Wildman–Crippen MR) is 133 cm³/mol. The Morgan fingerprint density at radius 3 is 2.40 bits per heavy atom. The molecule has 2 aromatic carbocycles. The Morgan fingerprint density at radius 1 is 1.03 bits per heavy atom. The average molecular weight is 479 g/mol. The Kier molecular flexibility index (Phi) is 8.36. The van der Waals surface area contributed by atoms with Gasteiger partial charge < -0.3 is 18.9 Å². The molecular formula is C27H34N4O4. The number of rotatable bonds is 10. The van der Waals surface area contributed by atoms with Gasteiger partial charge in [0.25, 0.3) is 0 Å². The SMILES string of the molecule is CCOc1ccccc1OCCCC(=O)N1CCN(C(C)c2nc(-c3ccc(C)cc3)no2)CC1. The first-order valence-corrected chi connectivity index (χ1v) is 12.3. The van der Waals surface area contributed by atoms with Crippen molar-refractivity contribution in [3.05, 3.63) is 60.0 Å². The number of piperazine rings is 1. The highest BCUT2D eigenvalue weighted by Crippen LogP contribution is 2.27. The molecule has 186 valence electrons. The Bertz CT molecular complexity index is 1090. The predicted octanol–water partition coefficient (Wildman–Crippen LogP) is 4.51. The maximum atomic E-state index is 12.7. The minimum atomic E-state index is -0.00208. The summed E-state index contributed by atoms with van der Waals surface area (Å²) in [7, 11) is 0. The highest BCUT2D eigenvalue weighted by Gasteiger charge is 2.27. The van der Waals surface area contributed by atoms with E-state index < -0.39 is 0 Å². The van der Waals surface area contributed by atoms with Crippen molar-refractivity contribution < 1.29 is 18.8 Å². The van der Waals surface area contributed by atoms with Crippen molar-refractivity contribution in [1.82, 2.24) is 19.9 Å². The number of carbonyl (C=O) groups excluding carboxylic acids is 1. The number of aryl methyl sites for hydroxylation is 1. The van der Waals surface area contributed by atoms with Gasteiger partial charge in [0.1, 0.15) is 0 Å². The van der Waals surface area contributed by atoms with Crippen LogP contribution in [0.15, 0.2) is 53.1 Å². The summed E-state index contributed by atoms with van der Waals surface area (Å²) in [5.41, 5.74) is 2.14. The molecule has 0 radical (unpaired) electrons. The Morgan fingerprint density at radius 2 is 1.71 bits per heavy atom. The summed E-state index contributed by atoms with van der Waals surface area (Å²) in [4.78, 5) is 21.5. The highest BCUT2D eigenvalue weighted by atomic mass is 16.5. The van der Waals surface area contributed by atoms with Crippen LogP contribution < -0.4 is 9.47 Å². The van der Waals surface area contributed by atoms with Crippen molar-refractivity contribution in [2.75, 3.05) is 39.4 Å². The fourth-order valence-corrected chi connectivity index (χ4v) is 4.15. The molecule has 1 atom stereocenters. The molecule has 35 heavy (non-hydrogen) atoms. The van der Waals surface area contributed by atoms with Gasteiger partial charge >= 0.3 is 0 Å². The number of ether oxygens (including phenoxy) is 2. The van der Waals surface area contributed by atoms with Crippen LogP contribution in [0.3, 0.4) is 0 Å². The van der Waals surface area contributed by atoms with Crippen molar-refractivity contribution in [3.63, 3.8) is 0 Å². The van der Waals surface area contributed by atoms with Crippen LogP contribution in [0.1, 0.15) is 44.2 Å². The quantitative estimate of drug-likeness (QED) is 0.397. The minimum Gasteiger partial charge on any atom is -0.490 e. The molecule has 8 nitrogen and oxygen atoms in total. The summed E-state index contributed by atoms with van der Waals surface area (Å²) in [6.07, 6.45) is 1.13. The van der Waals surface area contributed by atoms with E-state index in [2.05, 4.69) is 28.9 Å². The number of hydrogen-bond donors (Lipinski definition) is 0. The third-order valence-electron chi connectivity index (χ3n) is 6.27. The zero-order valence-corrected chi connectivity index (χ0v) is 20.8. The molecule has 3 aromatic rings. The second-order valence-electron chi connectivity index (χ2n) is 8.75. The fraction of sp³-hybridized carbons (Fsp3) is 0.444. The minimum absolute atomic E-state index is 0.00208. The second-order valence-corrected chi connectivity index (χ2v) is 8.75. The Labute approximate surface area is 206 Å². The molecule has 0 aliphatic carbocycles. The van der Waals surface area contributed by atoms with Gasteiger partial charge in [-0.15, -0.1) is 0 Å². The Hall–Kier alpha value is -3.39. The number of benzene rings is 2. The van der Waals surface area contributed by atoms with Crippen LogP contribution in [0.25, 0.3) is 11.4 Å². The van der Waals surface area contributed by atoms with Gasteiger partial charge in [-0.25, -0.2) is 0 Å². The molecule has 2 heterocycles. The lowest BCUT2D eigenvalue weighted by Gasteiger charge is -2.36. The monoisotopic (exact) mass is 478 g/mol. The lowest BCUT2D eigenvalue weighted by Crippen LogP contribution is -2.49. The summed E-state index contributed by atoms with van der Waals surface area (Å²) in [5, 5.41) is 4.16. The molecule has 4 rings (SSSR count). The molecule has 1 saturated heterocycles. The van der Waals surface area contributed by atoms with Crippen LogP contribution in [0.5, 0.6) is 11.5 Å². The third kappa shape index (κ3) is 6.39. The number of hydrogen-bond acceptors (Lipinski definition) is 7. The van der Waals surface area contributed by atoms with E-state index >= 15 is 0 Å². The molecule has 0 spiro atoms. The maximum Gasteiger partial charge on any atom is 0.244 e. The van der Waals surface area contributed by atoms with E-state index in [4.69, 9.17) is 14.0 Å². The van der Waals surface area contributed by atoms with Crippen molar-refractivity contribution >= 4 is 5.91 Å². The van der Waals surface area contributed by atoms with Crippen LogP contribution in [0.2, 0.25) is 0 Å². The van der Waals surface area contributed by atoms with Gasteiger partial charge in [0.2, 0.25) is 17.6 Å². The number of aromatic nitrogens is 2. The van der Waals surface area contributed by atoms with E-state index in [1.807, 2.05) is 60.4 Å². The normalized spacial score (nSPS) is 15.1. The summed E-state index contributed by atoms with van der Waals surface area (Å²) in [6.45, 7) is 10.1. The molecule has 1 unspecified atom stereocenters. The van der Waals surface area contributed by atoms with Gasteiger partial charge in [-0.2, -0.15) is 4.98 Å². The molecule has 0 N–H and O–H groups in total. The van der Waals surface area contributed by atoms with Crippen LogP contribution in [-0.2, 0) is 4.79 Å². The smallest absolute Gasteiger partial charge is 0.244 e. The number of para-hydroxylation sites is 2. The van der Waals surface area contributed by atoms with Crippen molar-refractivity contribution in [2.45, 2.75) is 39.7 Å². The molecule has 0 bridgehead atoms. The molecule has 0 saturated carbocycles. The zero-order valence-electron chi connectivity index (χ0n) is 20.8. The molecular weight excluding hydrogens is 444 g/mol. The first-order chi connectivity index (χ1) is 17.0. The number of carbonyl (C=O) groups is 1. The second kappa shape index (κ2) is 11.8. The van der Waals surface area contributed by atoms with E-state index in [-0.39, 0.29) is 11.9 Å². The van der Waals surface area contributed by atoms with Gasteiger partial charge in [-0.3, -0.25) is 9.69 Å². The highest BCUT2D eigenvalue weighted by molar-refractivity contribution is 5.76. The van der Waals surface area contributed by atoms with Crippen molar-refractivity contribution in [3.8, 4) is 22.9 Å². The average Bonchev–Trinajstić information content (AvgIpc) is 3.38. The first-order valence-electron chi connectivity index (χ1n) is 12.3. The summed E-state index contributed by atoms with van der Waals surface area (Å²) >= 11 is 0. The number of amides is 1. The lowest BCUT2D eigenvalue weighted by molar-refractivity contribution is -0.133. The van der Waals surface area contributed by atoms with Gasteiger partial charge in [-0.1, -0.05) is 47.1 Å². The van der Waals surface area contributed by atoms with E-state index in [0.717, 1.165) is 30.2 Å². The van der Waals surface area contributed by atoms with Crippen LogP contribution in [0, 0.1) is 6.92 Å². The lowest BCUT2D eigenvalue weighted by atomic mass is 10.1. The van der Waals surface area contributed by atoms with Crippen molar-refractivity contribution in [1.29, 1.82) is 0 Å². The maximum absolute atomic E-state index is 12.7. The Balaban J connectivity index is 1.21. The summed E-state index contributed by atoms with van der Waals surface area (Å²) in [6, 6.07) is 15.7. The fourth-order valence-electron chi connectivity index (χ4n) is 4.15. The molecule has 1 aliphatic rings. The van der Waals surface area contributed by atoms with Crippen LogP contribution in [0.4, 0.5) is 0 Å². The summed E-state index contributed by atoms with van der Waals surface area (Å²) < 4.78 is 17.0.